The lowest BCUT2D eigenvalue weighted by Gasteiger charge is -2.10. The first kappa shape index (κ1) is 15.3. The van der Waals surface area contributed by atoms with E-state index >= 15 is 0 Å². The molecule has 0 atom stereocenters. The van der Waals surface area contributed by atoms with Gasteiger partial charge in [0.15, 0.2) is 21.4 Å². The second-order valence-electron chi connectivity index (χ2n) is 4.71. The number of benzene rings is 2. The van der Waals surface area contributed by atoms with Gasteiger partial charge in [-0.2, -0.15) is 0 Å². The second kappa shape index (κ2) is 5.73. The molecule has 112 valence electrons. The Balaban J connectivity index is 2.38. The summed E-state index contributed by atoms with van der Waals surface area (Å²) in [5.41, 5.74) is 7.09. The van der Waals surface area contributed by atoms with Crippen LogP contribution in [-0.4, -0.2) is 15.5 Å². The normalized spacial score (nSPS) is 11.4. The van der Waals surface area contributed by atoms with Gasteiger partial charge in [0, 0.05) is 0 Å². The maximum absolute atomic E-state index is 13.6. The van der Waals surface area contributed by atoms with Crippen molar-refractivity contribution < 1.29 is 17.5 Å². The lowest BCUT2D eigenvalue weighted by Crippen LogP contribution is -2.09. The summed E-state index contributed by atoms with van der Waals surface area (Å²) in [6, 6.07) is 8.90. The van der Waals surface area contributed by atoms with Crippen LogP contribution in [0.3, 0.4) is 0 Å². The maximum atomic E-state index is 13.6. The molecule has 4 nitrogen and oxygen atoms in total. The number of methoxy groups -OCH3 is 1. The van der Waals surface area contributed by atoms with Crippen molar-refractivity contribution in [2.75, 3.05) is 12.8 Å². The lowest BCUT2D eigenvalue weighted by atomic mass is 10.2. The van der Waals surface area contributed by atoms with E-state index in [2.05, 4.69) is 0 Å². The van der Waals surface area contributed by atoms with E-state index in [9.17, 15) is 12.8 Å². The van der Waals surface area contributed by atoms with E-state index in [1.54, 1.807) is 19.1 Å². The summed E-state index contributed by atoms with van der Waals surface area (Å²) < 4.78 is 43.2. The summed E-state index contributed by atoms with van der Waals surface area (Å²) in [5.74, 6) is -0.838. The fourth-order valence-electron chi connectivity index (χ4n) is 2.02. The first-order valence-corrected chi connectivity index (χ1v) is 7.90. The number of hydrogen-bond donors (Lipinski definition) is 1. The van der Waals surface area contributed by atoms with Gasteiger partial charge in [-0.3, -0.25) is 0 Å². The summed E-state index contributed by atoms with van der Waals surface area (Å²) in [6.45, 7) is 1.74. The molecular formula is C15H16FNO3S. The van der Waals surface area contributed by atoms with E-state index < -0.39 is 15.7 Å². The molecule has 21 heavy (non-hydrogen) atoms. The van der Waals surface area contributed by atoms with E-state index in [1.807, 2.05) is 0 Å². The highest BCUT2D eigenvalue weighted by Crippen LogP contribution is 2.26. The average Bonchev–Trinajstić information content (AvgIpc) is 2.41. The van der Waals surface area contributed by atoms with Crippen molar-refractivity contribution in [1.29, 1.82) is 0 Å². The molecule has 2 aromatic carbocycles. The molecule has 0 saturated carbocycles. The standard InChI is InChI=1S/C15H16FNO3S/c1-10-4-3-5-14(15(10)17)21(18,19)9-11-6-7-13(20-2)12(16)8-11/h3-8H,9,17H2,1-2H3. The molecule has 0 spiro atoms. The van der Waals surface area contributed by atoms with E-state index in [0.717, 1.165) is 6.07 Å². The monoisotopic (exact) mass is 309 g/mol. The highest BCUT2D eigenvalue weighted by molar-refractivity contribution is 7.90. The van der Waals surface area contributed by atoms with Crippen LogP contribution in [0.5, 0.6) is 5.75 Å². The summed E-state index contributed by atoms with van der Waals surface area (Å²) in [4.78, 5) is 0.0683. The molecule has 2 N–H and O–H groups in total. The molecule has 0 amide bonds. The van der Waals surface area contributed by atoms with Crippen LogP contribution in [0.25, 0.3) is 0 Å². The average molecular weight is 309 g/mol. The molecule has 0 unspecified atom stereocenters. The number of hydrogen-bond acceptors (Lipinski definition) is 4. The van der Waals surface area contributed by atoms with E-state index in [0.29, 0.717) is 11.1 Å². The first-order valence-electron chi connectivity index (χ1n) is 6.25. The highest BCUT2D eigenvalue weighted by atomic mass is 32.2. The minimum Gasteiger partial charge on any atom is -0.494 e. The van der Waals surface area contributed by atoms with Crippen molar-refractivity contribution in [2.45, 2.75) is 17.6 Å². The minimum absolute atomic E-state index is 0.0683. The van der Waals surface area contributed by atoms with Crippen molar-refractivity contribution in [3.8, 4) is 5.75 Å². The predicted molar refractivity (Wildman–Crippen MR) is 79.4 cm³/mol. The Hall–Kier alpha value is -2.08. The molecule has 0 aromatic heterocycles. The lowest BCUT2D eigenvalue weighted by molar-refractivity contribution is 0.386. The fraction of sp³-hybridized carbons (Fsp3) is 0.200. The van der Waals surface area contributed by atoms with Crippen molar-refractivity contribution in [3.63, 3.8) is 0 Å². The van der Waals surface area contributed by atoms with Gasteiger partial charge in [-0.15, -0.1) is 0 Å². The number of aryl methyl sites for hydroxylation is 1. The molecule has 6 heteroatoms. The largest absolute Gasteiger partial charge is 0.494 e. The summed E-state index contributed by atoms with van der Waals surface area (Å²) in [7, 11) is -2.29. The molecule has 2 rings (SSSR count). The quantitative estimate of drug-likeness (QED) is 0.882. The molecule has 0 aliphatic carbocycles. The summed E-state index contributed by atoms with van der Waals surface area (Å²) in [6.07, 6.45) is 0. The van der Waals surface area contributed by atoms with Gasteiger partial charge in [0.2, 0.25) is 0 Å². The van der Waals surface area contributed by atoms with Crippen LogP contribution in [0.15, 0.2) is 41.3 Å². The molecule has 2 aromatic rings. The van der Waals surface area contributed by atoms with Crippen LogP contribution in [-0.2, 0) is 15.6 Å². The van der Waals surface area contributed by atoms with Crippen molar-refractivity contribution in [2.24, 2.45) is 0 Å². The number of sulfone groups is 1. The smallest absolute Gasteiger partial charge is 0.184 e. The molecule has 0 aliphatic rings. The topological polar surface area (TPSA) is 69.4 Å². The molecule has 0 radical (unpaired) electrons. The third-order valence-corrected chi connectivity index (χ3v) is 4.93. The Morgan fingerprint density at radius 1 is 1.24 bits per heavy atom. The maximum Gasteiger partial charge on any atom is 0.184 e. The van der Waals surface area contributed by atoms with Gasteiger partial charge in [0.25, 0.3) is 0 Å². The Morgan fingerprint density at radius 2 is 1.95 bits per heavy atom. The van der Waals surface area contributed by atoms with E-state index in [1.165, 1.54) is 25.3 Å². The van der Waals surface area contributed by atoms with Gasteiger partial charge in [-0.05, 0) is 36.2 Å². The van der Waals surface area contributed by atoms with Crippen LogP contribution >= 0.6 is 0 Å². The Labute approximate surface area is 123 Å². The van der Waals surface area contributed by atoms with E-state index in [4.69, 9.17) is 10.5 Å². The van der Waals surface area contributed by atoms with Crippen LogP contribution in [0.4, 0.5) is 10.1 Å². The van der Waals surface area contributed by atoms with E-state index in [-0.39, 0.29) is 22.1 Å². The fourth-order valence-corrected chi connectivity index (χ4v) is 3.58. The second-order valence-corrected chi connectivity index (χ2v) is 6.67. The number of nitrogens with two attached hydrogens (primary N) is 1. The Bertz CT molecular complexity index is 772. The molecule has 0 bridgehead atoms. The van der Waals surface area contributed by atoms with Gasteiger partial charge in [0.1, 0.15) is 0 Å². The number of ether oxygens (including phenoxy) is 1. The van der Waals surface area contributed by atoms with Crippen LogP contribution in [0.2, 0.25) is 0 Å². The zero-order valence-corrected chi connectivity index (χ0v) is 12.6. The van der Waals surface area contributed by atoms with Gasteiger partial charge in [-0.25, -0.2) is 12.8 Å². The molecule has 0 aliphatic heterocycles. The zero-order chi connectivity index (χ0) is 15.6. The Kier molecular flexibility index (Phi) is 4.18. The number of para-hydroxylation sites is 1. The van der Waals surface area contributed by atoms with Crippen molar-refractivity contribution >= 4 is 15.5 Å². The molecule has 0 fully saturated rings. The molecule has 0 saturated heterocycles. The van der Waals surface area contributed by atoms with Crippen LogP contribution < -0.4 is 10.5 Å². The minimum atomic E-state index is -3.64. The van der Waals surface area contributed by atoms with Crippen molar-refractivity contribution in [3.05, 3.63) is 53.3 Å². The van der Waals surface area contributed by atoms with Crippen LogP contribution in [0.1, 0.15) is 11.1 Å². The van der Waals surface area contributed by atoms with Gasteiger partial charge in [-0.1, -0.05) is 18.2 Å². The third-order valence-electron chi connectivity index (χ3n) is 3.19. The zero-order valence-electron chi connectivity index (χ0n) is 11.8. The molecule has 0 heterocycles. The number of anilines is 1. The van der Waals surface area contributed by atoms with Gasteiger partial charge < -0.3 is 10.5 Å². The van der Waals surface area contributed by atoms with Crippen LogP contribution in [0, 0.1) is 12.7 Å². The molecular weight excluding hydrogens is 293 g/mol. The summed E-state index contributed by atoms with van der Waals surface area (Å²) in [5, 5.41) is 0. The number of nitrogen functional groups attached to an aromatic ring is 1. The number of halogens is 1. The summed E-state index contributed by atoms with van der Waals surface area (Å²) >= 11 is 0. The van der Waals surface area contributed by atoms with Crippen molar-refractivity contribution in [1.82, 2.24) is 0 Å². The first-order chi connectivity index (χ1) is 9.85. The number of rotatable bonds is 4. The van der Waals surface area contributed by atoms with Gasteiger partial charge >= 0.3 is 0 Å². The van der Waals surface area contributed by atoms with Gasteiger partial charge in [0.05, 0.1) is 23.4 Å². The SMILES string of the molecule is COc1ccc(CS(=O)(=O)c2cccc(C)c2N)cc1F. The third kappa shape index (κ3) is 3.16. The predicted octanol–water partition coefficient (Wildman–Crippen LogP) is 2.70. The highest BCUT2D eigenvalue weighted by Gasteiger charge is 2.20. The Morgan fingerprint density at radius 3 is 2.57 bits per heavy atom.